The molecule has 0 amide bonds. The van der Waals surface area contributed by atoms with Gasteiger partial charge in [-0.05, 0) is 98.1 Å². The second-order valence-electron chi connectivity index (χ2n) is 15.3. The van der Waals surface area contributed by atoms with Gasteiger partial charge < -0.3 is 4.42 Å². The van der Waals surface area contributed by atoms with Gasteiger partial charge >= 0.3 is 0 Å². The van der Waals surface area contributed by atoms with E-state index in [1.165, 1.54) is 66.1 Å². The van der Waals surface area contributed by atoms with Gasteiger partial charge in [0.15, 0.2) is 5.58 Å². The molecule has 0 N–H and O–H groups in total. The lowest BCUT2D eigenvalue weighted by molar-refractivity contribution is 0.666. The molecule has 0 aliphatic heterocycles. The molecular weight excluding hydrogens is 683 g/mol. The summed E-state index contributed by atoms with van der Waals surface area (Å²) in [6, 6.07) is 61.2. The molecular formula is C52H31N3O. The summed E-state index contributed by atoms with van der Waals surface area (Å²) in [5.74, 6) is 0.889. The molecule has 0 radical (unpaired) electrons. The zero-order chi connectivity index (χ0) is 36.5. The number of para-hydroxylation sites is 2. The van der Waals surface area contributed by atoms with E-state index in [0.717, 1.165) is 50.8 Å². The third-order valence-corrected chi connectivity index (χ3v) is 12.3. The molecule has 0 saturated heterocycles. The van der Waals surface area contributed by atoms with Crippen molar-refractivity contribution in [1.82, 2.24) is 14.5 Å². The fourth-order valence-electron chi connectivity index (χ4n) is 9.84. The Morgan fingerprint density at radius 1 is 0.536 bits per heavy atom. The molecule has 4 heteroatoms. The first kappa shape index (κ1) is 30.1. The van der Waals surface area contributed by atoms with E-state index >= 15 is 0 Å². The Morgan fingerprint density at radius 3 is 2.11 bits per heavy atom. The van der Waals surface area contributed by atoms with Crippen LogP contribution in [0.1, 0.15) is 22.6 Å². The van der Waals surface area contributed by atoms with Gasteiger partial charge in [0.05, 0.1) is 11.0 Å². The van der Waals surface area contributed by atoms with Gasteiger partial charge in [-0.3, -0.25) is 4.57 Å². The van der Waals surface area contributed by atoms with Crippen LogP contribution in [-0.4, -0.2) is 14.5 Å². The van der Waals surface area contributed by atoms with Gasteiger partial charge in [-0.25, -0.2) is 9.97 Å². The van der Waals surface area contributed by atoms with Gasteiger partial charge in [0.1, 0.15) is 16.8 Å². The molecule has 2 aliphatic carbocycles. The normalized spacial score (nSPS) is 14.2. The third kappa shape index (κ3) is 4.08. The van der Waals surface area contributed by atoms with Crippen molar-refractivity contribution in [3.8, 4) is 50.6 Å². The minimum atomic E-state index is 0.255. The molecule has 1 atom stereocenters. The van der Waals surface area contributed by atoms with E-state index in [9.17, 15) is 0 Å². The highest BCUT2D eigenvalue weighted by Gasteiger charge is 2.38. The van der Waals surface area contributed by atoms with Crippen LogP contribution >= 0.6 is 0 Å². The maximum atomic E-state index is 6.61. The Balaban J connectivity index is 1.14. The van der Waals surface area contributed by atoms with Crippen molar-refractivity contribution in [2.24, 2.45) is 0 Å². The number of aromatic nitrogens is 3. The van der Waals surface area contributed by atoms with E-state index in [4.69, 9.17) is 14.4 Å². The lowest BCUT2D eigenvalue weighted by Gasteiger charge is -2.27. The number of benzene rings is 8. The molecule has 0 spiro atoms. The van der Waals surface area contributed by atoms with Crippen molar-refractivity contribution in [3.63, 3.8) is 0 Å². The summed E-state index contributed by atoms with van der Waals surface area (Å²) in [6.45, 7) is 0. The highest BCUT2D eigenvalue weighted by molar-refractivity contribution is 6.18. The fraction of sp³-hybridized carbons (Fsp3) is 0.0385. The first-order chi connectivity index (χ1) is 27.8. The predicted molar refractivity (Wildman–Crippen MR) is 228 cm³/mol. The summed E-state index contributed by atoms with van der Waals surface area (Å²) < 4.78 is 8.94. The molecule has 3 heterocycles. The molecule has 3 aromatic heterocycles. The number of rotatable bonds is 3. The van der Waals surface area contributed by atoms with E-state index in [-0.39, 0.29) is 5.92 Å². The van der Waals surface area contributed by atoms with Crippen molar-refractivity contribution in [2.45, 2.75) is 12.3 Å². The second kappa shape index (κ2) is 11.1. The highest BCUT2D eigenvalue weighted by Crippen LogP contribution is 2.58. The molecule has 2 aliphatic rings. The van der Waals surface area contributed by atoms with E-state index < -0.39 is 0 Å². The van der Waals surface area contributed by atoms with Crippen LogP contribution < -0.4 is 0 Å². The van der Waals surface area contributed by atoms with Crippen molar-refractivity contribution in [2.75, 3.05) is 0 Å². The summed E-state index contributed by atoms with van der Waals surface area (Å²) in [4.78, 5) is 11.0. The van der Waals surface area contributed by atoms with Crippen molar-refractivity contribution in [3.05, 3.63) is 187 Å². The van der Waals surface area contributed by atoms with E-state index in [1.807, 2.05) is 12.1 Å². The molecule has 56 heavy (non-hydrogen) atoms. The van der Waals surface area contributed by atoms with E-state index in [2.05, 4.69) is 162 Å². The fourth-order valence-corrected chi connectivity index (χ4v) is 9.84. The Kier molecular flexibility index (Phi) is 5.97. The summed E-state index contributed by atoms with van der Waals surface area (Å²) in [5, 5.41) is 5.93. The van der Waals surface area contributed by atoms with Gasteiger partial charge in [0, 0.05) is 33.2 Å². The van der Waals surface area contributed by atoms with Crippen LogP contribution in [0.15, 0.2) is 174 Å². The quantitative estimate of drug-likeness (QED) is 0.183. The van der Waals surface area contributed by atoms with E-state index in [0.29, 0.717) is 11.5 Å². The summed E-state index contributed by atoms with van der Waals surface area (Å²) in [5.41, 5.74) is 18.1. The number of hydrogen-bond donors (Lipinski definition) is 0. The van der Waals surface area contributed by atoms with Crippen LogP contribution in [0.4, 0.5) is 0 Å². The Hall–Kier alpha value is -7.30. The highest BCUT2D eigenvalue weighted by atomic mass is 16.3. The third-order valence-electron chi connectivity index (χ3n) is 12.3. The first-order valence-corrected chi connectivity index (χ1v) is 19.3. The van der Waals surface area contributed by atoms with Crippen LogP contribution in [0.3, 0.4) is 0 Å². The Bertz CT molecular complexity index is 3450. The second-order valence-corrected chi connectivity index (χ2v) is 15.3. The van der Waals surface area contributed by atoms with Crippen LogP contribution in [0.5, 0.6) is 0 Å². The minimum absolute atomic E-state index is 0.255. The summed E-state index contributed by atoms with van der Waals surface area (Å²) in [6.07, 6.45) is 0.972. The number of nitrogens with zero attached hydrogens (tertiary/aromatic N) is 3. The molecule has 260 valence electrons. The van der Waals surface area contributed by atoms with Crippen LogP contribution in [0.25, 0.3) is 105 Å². The SMILES string of the molecule is c1ccc(-c2ccc(-c3nc(-n4c5ccccc5c5cc6c7c(c54)-c4ccccc4CC7c4cc5ccccc5cc4-6)nc4c3oc3ccccc34)cc2)cc1. The van der Waals surface area contributed by atoms with Crippen LogP contribution in [0, 0.1) is 0 Å². The summed E-state index contributed by atoms with van der Waals surface area (Å²) >= 11 is 0. The van der Waals surface area contributed by atoms with Gasteiger partial charge in [0.2, 0.25) is 5.95 Å². The molecule has 0 bridgehead atoms. The van der Waals surface area contributed by atoms with Gasteiger partial charge in [0.25, 0.3) is 0 Å². The predicted octanol–water partition coefficient (Wildman–Crippen LogP) is 13.3. The number of fused-ring (bicyclic) bond motifs is 13. The lowest BCUT2D eigenvalue weighted by atomic mass is 9.77. The molecule has 1 unspecified atom stereocenters. The lowest BCUT2D eigenvalue weighted by Crippen LogP contribution is -2.12. The van der Waals surface area contributed by atoms with Gasteiger partial charge in [-0.15, -0.1) is 0 Å². The molecule has 0 saturated carbocycles. The largest absolute Gasteiger partial charge is 0.452 e. The minimum Gasteiger partial charge on any atom is -0.452 e. The monoisotopic (exact) mass is 713 g/mol. The standard InChI is InChI=1S/C52H31N3O/c1-2-12-30(13-3-1)31-22-24-32(25-23-31)48-51-49(38-19-9-11-21-45(38)56-51)54-52(53-48)55-44-20-10-8-18-37(44)43-29-42-40-27-34-15-5-4-14-33(34)26-39(40)41-28-35-16-6-7-17-36(35)47(46(41)42)50(43)55/h1-27,29,41H,28H2. The maximum absolute atomic E-state index is 6.61. The zero-order valence-corrected chi connectivity index (χ0v) is 30.2. The maximum Gasteiger partial charge on any atom is 0.236 e. The molecule has 11 aromatic rings. The topological polar surface area (TPSA) is 43.9 Å². The van der Waals surface area contributed by atoms with Gasteiger partial charge in [-0.1, -0.05) is 133 Å². The first-order valence-electron chi connectivity index (χ1n) is 19.3. The average Bonchev–Trinajstić information content (AvgIpc) is 3.91. The Morgan fingerprint density at radius 2 is 1.23 bits per heavy atom. The van der Waals surface area contributed by atoms with Gasteiger partial charge in [-0.2, -0.15) is 0 Å². The van der Waals surface area contributed by atoms with Crippen molar-refractivity contribution >= 4 is 54.6 Å². The smallest absolute Gasteiger partial charge is 0.236 e. The molecule has 13 rings (SSSR count). The van der Waals surface area contributed by atoms with E-state index in [1.54, 1.807) is 0 Å². The van der Waals surface area contributed by atoms with Crippen molar-refractivity contribution < 1.29 is 4.42 Å². The zero-order valence-electron chi connectivity index (χ0n) is 30.2. The van der Waals surface area contributed by atoms with Crippen LogP contribution in [-0.2, 0) is 6.42 Å². The van der Waals surface area contributed by atoms with Crippen LogP contribution in [0.2, 0.25) is 0 Å². The summed E-state index contributed by atoms with van der Waals surface area (Å²) in [7, 11) is 0. The van der Waals surface area contributed by atoms with Crippen molar-refractivity contribution in [1.29, 1.82) is 0 Å². The molecule has 4 nitrogen and oxygen atoms in total. The number of hydrogen-bond acceptors (Lipinski definition) is 3. The number of furan rings is 1. The Labute approximate surface area is 321 Å². The molecule has 8 aromatic carbocycles. The average molecular weight is 714 g/mol. The molecule has 0 fully saturated rings.